The highest BCUT2D eigenvalue weighted by molar-refractivity contribution is 6.10. The van der Waals surface area contributed by atoms with Crippen LogP contribution in [0.25, 0.3) is 21.8 Å². The van der Waals surface area contributed by atoms with Gasteiger partial charge in [-0.15, -0.1) is 0 Å². The Morgan fingerprint density at radius 3 is 2.45 bits per heavy atom. The number of fused-ring (bicyclic) bond motifs is 2. The number of para-hydroxylation sites is 3. The van der Waals surface area contributed by atoms with Crippen molar-refractivity contribution in [2.24, 2.45) is 0 Å². The van der Waals surface area contributed by atoms with Crippen LogP contribution in [-0.2, 0) is 0 Å². The van der Waals surface area contributed by atoms with Crippen molar-refractivity contribution >= 4 is 27.7 Å². The van der Waals surface area contributed by atoms with E-state index in [9.17, 15) is 4.79 Å². The van der Waals surface area contributed by atoms with Crippen LogP contribution < -0.4 is 10.1 Å². The molecule has 0 unspecified atom stereocenters. The highest BCUT2D eigenvalue weighted by Gasteiger charge is 2.17. The molecule has 1 N–H and O–H groups in total. The van der Waals surface area contributed by atoms with Crippen LogP contribution in [0, 0.1) is 0 Å². The number of amides is 1. The number of ether oxygens (including phenoxy) is 1. The molecule has 1 heterocycles. The average molecular weight is 385 g/mol. The van der Waals surface area contributed by atoms with Gasteiger partial charge in [0.2, 0.25) is 0 Å². The van der Waals surface area contributed by atoms with Crippen molar-refractivity contribution in [3.05, 3.63) is 78.4 Å². The highest BCUT2D eigenvalue weighted by atomic mass is 16.5. The van der Waals surface area contributed by atoms with Crippen LogP contribution in [0.1, 0.15) is 10.4 Å². The maximum absolute atomic E-state index is 12.8. The lowest BCUT2D eigenvalue weighted by Crippen LogP contribution is -2.31. The van der Waals surface area contributed by atoms with Crippen molar-refractivity contribution in [3.63, 3.8) is 0 Å². The second-order valence-corrected chi connectivity index (χ2v) is 7.13. The molecule has 0 atom stereocenters. The quantitative estimate of drug-likeness (QED) is 0.498. The van der Waals surface area contributed by atoms with Gasteiger partial charge >= 0.3 is 0 Å². The van der Waals surface area contributed by atoms with Crippen LogP contribution >= 0.6 is 0 Å². The molecule has 0 fully saturated rings. The van der Waals surface area contributed by atoms with Crippen LogP contribution in [0.2, 0.25) is 0 Å². The zero-order valence-electron chi connectivity index (χ0n) is 16.6. The zero-order chi connectivity index (χ0) is 20.2. The number of carbonyl (C=O) groups is 1. The van der Waals surface area contributed by atoms with Crippen molar-refractivity contribution in [2.75, 3.05) is 27.2 Å². The number of pyridine rings is 1. The molecule has 5 nitrogen and oxygen atoms in total. The first-order valence-electron chi connectivity index (χ1n) is 9.61. The average Bonchev–Trinajstić information content (AvgIpc) is 2.73. The lowest BCUT2D eigenvalue weighted by Gasteiger charge is -2.15. The van der Waals surface area contributed by atoms with Gasteiger partial charge in [0.05, 0.1) is 16.6 Å². The Bertz CT molecular complexity index is 1160. The number of likely N-dealkylation sites (N-methyl/N-ethyl adjacent to an activating group) is 1. The molecule has 29 heavy (non-hydrogen) atoms. The van der Waals surface area contributed by atoms with E-state index in [1.165, 1.54) is 0 Å². The topological polar surface area (TPSA) is 54.5 Å². The Balaban J connectivity index is 1.83. The molecule has 5 heteroatoms. The van der Waals surface area contributed by atoms with Crippen molar-refractivity contribution in [2.45, 2.75) is 0 Å². The molecule has 3 aromatic carbocycles. The summed E-state index contributed by atoms with van der Waals surface area (Å²) in [4.78, 5) is 19.7. The second-order valence-electron chi connectivity index (χ2n) is 7.13. The molecule has 1 amide bonds. The number of carbonyl (C=O) groups excluding carboxylic acids is 1. The fourth-order valence-corrected chi connectivity index (χ4v) is 3.26. The van der Waals surface area contributed by atoms with Crippen molar-refractivity contribution < 1.29 is 9.53 Å². The number of nitrogens with zero attached hydrogens (tertiary/aromatic N) is 2. The Kier molecular flexibility index (Phi) is 5.40. The van der Waals surface area contributed by atoms with Crippen LogP contribution in [-0.4, -0.2) is 43.0 Å². The summed E-state index contributed by atoms with van der Waals surface area (Å²) in [5.41, 5.74) is 1.98. The van der Waals surface area contributed by atoms with Gasteiger partial charge in [-0.05, 0) is 50.5 Å². The number of rotatable bonds is 6. The van der Waals surface area contributed by atoms with Gasteiger partial charge in [-0.3, -0.25) is 4.79 Å². The number of hydrogen-bond donors (Lipinski definition) is 1. The maximum Gasteiger partial charge on any atom is 0.253 e. The van der Waals surface area contributed by atoms with Crippen molar-refractivity contribution in [1.29, 1.82) is 0 Å². The van der Waals surface area contributed by atoms with Crippen LogP contribution in [0.5, 0.6) is 11.5 Å². The SMILES string of the molecule is CN(C)CCNC(=O)c1cccc2c(Oc3ccccc3)c3ccccc3nc12. The summed E-state index contributed by atoms with van der Waals surface area (Å²) >= 11 is 0. The van der Waals surface area contributed by atoms with E-state index in [2.05, 4.69) is 5.32 Å². The molecule has 0 aliphatic carbocycles. The molecular weight excluding hydrogens is 362 g/mol. The summed E-state index contributed by atoms with van der Waals surface area (Å²) in [7, 11) is 3.95. The predicted octanol–water partition coefficient (Wildman–Crippen LogP) is 4.47. The van der Waals surface area contributed by atoms with Gasteiger partial charge in [-0.1, -0.05) is 36.4 Å². The summed E-state index contributed by atoms with van der Waals surface area (Å²) in [6.45, 7) is 1.35. The van der Waals surface area contributed by atoms with E-state index < -0.39 is 0 Å². The number of aromatic nitrogens is 1. The largest absolute Gasteiger partial charge is 0.456 e. The normalized spacial score (nSPS) is 11.1. The molecule has 0 aliphatic rings. The summed E-state index contributed by atoms with van der Waals surface area (Å²) in [5.74, 6) is 1.32. The molecule has 4 rings (SSSR count). The summed E-state index contributed by atoms with van der Waals surface area (Å²) in [6, 6.07) is 23.1. The number of benzene rings is 3. The molecule has 0 aliphatic heterocycles. The van der Waals surface area contributed by atoms with Crippen molar-refractivity contribution in [1.82, 2.24) is 15.2 Å². The van der Waals surface area contributed by atoms with Gasteiger partial charge < -0.3 is 15.0 Å². The highest BCUT2D eigenvalue weighted by Crippen LogP contribution is 2.37. The minimum Gasteiger partial charge on any atom is -0.456 e. The number of nitrogens with one attached hydrogen (secondary N) is 1. The van der Waals surface area contributed by atoms with Crippen LogP contribution in [0.3, 0.4) is 0 Å². The smallest absolute Gasteiger partial charge is 0.253 e. The predicted molar refractivity (Wildman–Crippen MR) is 117 cm³/mol. The van der Waals surface area contributed by atoms with E-state index in [0.717, 1.165) is 28.6 Å². The lowest BCUT2D eigenvalue weighted by atomic mass is 10.0. The van der Waals surface area contributed by atoms with Gasteiger partial charge in [-0.25, -0.2) is 4.98 Å². The summed E-state index contributed by atoms with van der Waals surface area (Å²) in [5, 5.41) is 4.70. The van der Waals surface area contributed by atoms with Gasteiger partial charge in [0.15, 0.2) is 0 Å². The molecule has 0 bridgehead atoms. The summed E-state index contributed by atoms with van der Waals surface area (Å²) in [6.07, 6.45) is 0. The minimum atomic E-state index is -0.133. The molecule has 0 saturated heterocycles. The Labute approximate surface area is 169 Å². The first kappa shape index (κ1) is 18.9. The molecule has 0 radical (unpaired) electrons. The van der Waals surface area contributed by atoms with Crippen LogP contribution in [0.4, 0.5) is 0 Å². The van der Waals surface area contributed by atoms with Gasteiger partial charge in [0.25, 0.3) is 5.91 Å². The molecule has 4 aromatic rings. The molecular formula is C24H23N3O2. The third kappa shape index (κ3) is 4.05. The minimum absolute atomic E-state index is 0.133. The third-order valence-electron chi connectivity index (χ3n) is 4.71. The van der Waals surface area contributed by atoms with Gasteiger partial charge in [0.1, 0.15) is 11.5 Å². The first-order valence-corrected chi connectivity index (χ1v) is 9.61. The Morgan fingerprint density at radius 2 is 1.66 bits per heavy atom. The first-order chi connectivity index (χ1) is 14.1. The van der Waals surface area contributed by atoms with Gasteiger partial charge in [0, 0.05) is 23.9 Å². The third-order valence-corrected chi connectivity index (χ3v) is 4.71. The van der Waals surface area contributed by atoms with E-state index in [1.54, 1.807) is 6.07 Å². The van der Waals surface area contributed by atoms with Crippen LogP contribution in [0.15, 0.2) is 72.8 Å². The summed E-state index contributed by atoms with van der Waals surface area (Å²) < 4.78 is 6.27. The van der Waals surface area contributed by atoms with E-state index in [1.807, 2.05) is 85.7 Å². The Morgan fingerprint density at radius 1 is 0.931 bits per heavy atom. The van der Waals surface area contributed by atoms with Gasteiger partial charge in [-0.2, -0.15) is 0 Å². The number of hydrogen-bond acceptors (Lipinski definition) is 4. The zero-order valence-corrected chi connectivity index (χ0v) is 16.6. The van der Waals surface area contributed by atoms with Crippen molar-refractivity contribution in [3.8, 4) is 11.5 Å². The molecule has 146 valence electrons. The molecule has 0 saturated carbocycles. The lowest BCUT2D eigenvalue weighted by molar-refractivity contribution is 0.0952. The van der Waals surface area contributed by atoms with E-state index in [0.29, 0.717) is 23.4 Å². The Hall–Kier alpha value is -3.44. The fraction of sp³-hybridized carbons (Fsp3) is 0.167. The fourth-order valence-electron chi connectivity index (χ4n) is 3.26. The van der Waals surface area contributed by atoms with E-state index >= 15 is 0 Å². The molecule has 0 spiro atoms. The van der Waals surface area contributed by atoms with E-state index in [4.69, 9.17) is 9.72 Å². The monoisotopic (exact) mass is 385 g/mol. The second kappa shape index (κ2) is 8.29. The van der Waals surface area contributed by atoms with E-state index in [-0.39, 0.29) is 5.91 Å². The standard InChI is InChI=1S/C24H23N3O2/c1-27(2)16-15-25-24(28)20-13-8-12-19-22(20)26-21-14-7-6-11-18(21)23(19)29-17-9-4-3-5-10-17/h3-14H,15-16H2,1-2H3,(H,25,28). The molecule has 1 aromatic heterocycles. The maximum atomic E-state index is 12.8.